The van der Waals surface area contributed by atoms with Crippen LogP contribution in [-0.2, 0) is 0 Å². The molecule has 0 amide bonds. The SMILES string of the molecule is N#Cc1ccc(-c2ncoc2-c2ccc(F)cc2)cn1. The fraction of sp³-hybridized carbons (Fsp3) is 0. The van der Waals surface area contributed by atoms with Crippen molar-refractivity contribution in [1.82, 2.24) is 9.97 Å². The summed E-state index contributed by atoms with van der Waals surface area (Å²) in [4.78, 5) is 8.16. The lowest BCUT2D eigenvalue weighted by atomic mass is 10.1. The summed E-state index contributed by atoms with van der Waals surface area (Å²) < 4.78 is 18.3. The molecule has 0 radical (unpaired) electrons. The molecule has 0 unspecified atom stereocenters. The van der Waals surface area contributed by atoms with Gasteiger partial charge >= 0.3 is 0 Å². The molecule has 0 saturated heterocycles. The minimum absolute atomic E-state index is 0.310. The first kappa shape index (κ1) is 12.1. The topological polar surface area (TPSA) is 62.7 Å². The third kappa shape index (κ3) is 2.15. The van der Waals surface area contributed by atoms with Gasteiger partial charge in [-0.05, 0) is 36.4 Å². The van der Waals surface area contributed by atoms with Gasteiger partial charge in [-0.15, -0.1) is 0 Å². The van der Waals surface area contributed by atoms with Crippen LogP contribution < -0.4 is 0 Å². The molecule has 4 nitrogen and oxygen atoms in total. The average Bonchev–Trinajstić information content (AvgIpc) is 2.97. The van der Waals surface area contributed by atoms with Crippen molar-refractivity contribution in [2.45, 2.75) is 0 Å². The number of benzene rings is 1. The van der Waals surface area contributed by atoms with Crippen LogP contribution in [0.5, 0.6) is 0 Å². The highest BCUT2D eigenvalue weighted by atomic mass is 19.1. The van der Waals surface area contributed by atoms with Crippen molar-refractivity contribution in [1.29, 1.82) is 5.26 Å². The summed E-state index contributed by atoms with van der Waals surface area (Å²) in [5, 5.41) is 8.74. The minimum atomic E-state index is -0.310. The molecule has 0 N–H and O–H groups in total. The molecular formula is C15H8FN3O. The third-order valence-corrected chi connectivity index (χ3v) is 2.83. The van der Waals surface area contributed by atoms with Gasteiger partial charge in [0.05, 0.1) is 0 Å². The van der Waals surface area contributed by atoms with Gasteiger partial charge in [0.1, 0.15) is 23.3 Å². The molecule has 20 heavy (non-hydrogen) atoms. The Hall–Kier alpha value is -3.00. The van der Waals surface area contributed by atoms with Crippen LogP contribution in [0.3, 0.4) is 0 Å². The molecule has 3 rings (SSSR count). The van der Waals surface area contributed by atoms with Crippen molar-refractivity contribution in [2.75, 3.05) is 0 Å². The van der Waals surface area contributed by atoms with Crippen LogP contribution in [0, 0.1) is 17.1 Å². The Labute approximate surface area is 114 Å². The summed E-state index contributed by atoms with van der Waals surface area (Å²) in [6.45, 7) is 0. The number of hydrogen-bond donors (Lipinski definition) is 0. The van der Waals surface area contributed by atoms with E-state index in [9.17, 15) is 4.39 Å². The normalized spacial score (nSPS) is 10.2. The molecule has 1 aromatic carbocycles. The lowest BCUT2D eigenvalue weighted by Gasteiger charge is -2.01. The van der Waals surface area contributed by atoms with Crippen LogP contribution in [0.4, 0.5) is 4.39 Å². The summed E-state index contributed by atoms with van der Waals surface area (Å²) >= 11 is 0. The largest absolute Gasteiger partial charge is 0.443 e. The standard InChI is InChI=1S/C15H8FN3O/c16-12-4-1-10(2-5-12)15-14(19-9-20-15)11-3-6-13(7-17)18-8-11/h1-6,8-9H. The zero-order chi connectivity index (χ0) is 13.9. The highest BCUT2D eigenvalue weighted by Crippen LogP contribution is 2.30. The number of oxazole rings is 1. The zero-order valence-electron chi connectivity index (χ0n) is 10.2. The van der Waals surface area contributed by atoms with Crippen molar-refractivity contribution < 1.29 is 8.81 Å². The number of pyridine rings is 1. The monoisotopic (exact) mass is 265 g/mol. The molecule has 5 heteroatoms. The van der Waals surface area contributed by atoms with E-state index in [0.29, 0.717) is 17.1 Å². The number of nitrogens with zero attached hydrogens (tertiary/aromatic N) is 3. The minimum Gasteiger partial charge on any atom is -0.443 e. The lowest BCUT2D eigenvalue weighted by molar-refractivity contribution is 0.571. The van der Waals surface area contributed by atoms with E-state index < -0.39 is 0 Å². The van der Waals surface area contributed by atoms with Crippen LogP contribution >= 0.6 is 0 Å². The van der Waals surface area contributed by atoms with Gasteiger partial charge < -0.3 is 4.42 Å². The Kier molecular flexibility index (Phi) is 2.98. The molecule has 0 aliphatic rings. The first-order valence-corrected chi connectivity index (χ1v) is 5.84. The molecule has 0 spiro atoms. The molecular weight excluding hydrogens is 257 g/mol. The van der Waals surface area contributed by atoms with E-state index in [-0.39, 0.29) is 5.82 Å². The Morgan fingerprint density at radius 1 is 1.00 bits per heavy atom. The Morgan fingerprint density at radius 3 is 2.40 bits per heavy atom. The van der Waals surface area contributed by atoms with E-state index in [4.69, 9.17) is 9.68 Å². The fourth-order valence-electron chi connectivity index (χ4n) is 1.86. The second-order valence-corrected chi connectivity index (χ2v) is 4.08. The first-order valence-electron chi connectivity index (χ1n) is 5.84. The van der Waals surface area contributed by atoms with Crippen molar-refractivity contribution in [3.8, 4) is 28.7 Å². The van der Waals surface area contributed by atoms with Crippen molar-refractivity contribution in [3.63, 3.8) is 0 Å². The van der Waals surface area contributed by atoms with Gasteiger partial charge in [0.15, 0.2) is 12.2 Å². The molecule has 0 fully saturated rings. The van der Waals surface area contributed by atoms with Crippen molar-refractivity contribution in [2.24, 2.45) is 0 Å². The van der Waals surface area contributed by atoms with Crippen LogP contribution in [0.15, 0.2) is 53.4 Å². The van der Waals surface area contributed by atoms with E-state index in [1.807, 2.05) is 6.07 Å². The van der Waals surface area contributed by atoms with Crippen LogP contribution in [0.25, 0.3) is 22.6 Å². The predicted molar refractivity (Wildman–Crippen MR) is 69.8 cm³/mol. The van der Waals surface area contributed by atoms with E-state index in [2.05, 4.69) is 9.97 Å². The van der Waals surface area contributed by atoms with E-state index in [0.717, 1.165) is 11.1 Å². The zero-order valence-corrected chi connectivity index (χ0v) is 10.2. The summed E-state index contributed by atoms with van der Waals surface area (Å²) in [6.07, 6.45) is 2.88. The maximum absolute atomic E-state index is 12.9. The lowest BCUT2D eigenvalue weighted by Crippen LogP contribution is -1.86. The number of halogens is 1. The van der Waals surface area contributed by atoms with Gasteiger partial charge in [0.2, 0.25) is 0 Å². The maximum atomic E-state index is 12.9. The molecule has 0 bridgehead atoms. The van der Waals surface area contributed by atoms with Crippen LogP contribution in [0.1, 0.15) is 5.69 Å². The predicted octanol–water partition coefficient (Wildman–Crippen LogP) is 3.41. The second kappa shape index (κ2) is 4.94. The average molecular weight is 265 g/mol. The summed E-state index contributed by atoms with van der Waals surface area (Å²) in [5.74, 6) is 0.228. The fourth-order valence-corrected chi connectivity index (χ4v) is 1.86. The molecule has 0 aliphatic carbocycles. The highest BCUT2D eigenvalue weighted by Gasteiger charge is 2.13. The van der Waals surface area contributed by atoms with Gasteiger partial charge in [-0.25, -0.2) is 14.4 Å². The maximum Gasteiger partial charge on any atom is 0.182 e. The first-order chi connectivity index (χ1) is 9.78. The molecule has 2 aromatic heterocycles. The van der Waals surface area contributed by atoms with Crippen LogP contribution in [0.2, 0.25) is 0 Å². The van der Waals surface area contributed by atoms with E-state index >= 15 is 0 Å². The number of nitriles is 1. The molecule has 2 heterocycles. The van der Waals surface area contributed by atoms with Crippen molar-refractivity contribution in [3.05, 3.63) is 60.5 Å². The molecule has 3 aromatic rings. The number of hydrogen-bond acceptors (Lipinski definition) is 4. The molecule has 96 valence electrons. The second-order valence-electron chi connectivity index (χ2n) is 4.08. The molecule has 0 atom stereocenters. The van der Waals surface area contributed by atoms with Gasteiger partial charge in [0.25, 0.3) is 0 Å². The van der Waals surface area contributed by atoms with Gasteiger partial charge in [-0.1, -0.05) is 0 Å². The molecule has 0 saturated carbocycles. The van der Waals surface area contributed by atoms with Crippen LogP contribution in [-0.4, -0.2) is 9.97 Å². The van der Waals surface area contributed by atoms with Gasteiger partial charge in [-0.3, -0.25) is 0 Å². The highest BCUT2D eigenvalue weighted by molar-refractivity contribution is 5.76. The van der Waals surface area contributed by atoms with E-state index in [1.165, 1.54) is 18.5 Å². The number of aromatic nitrogens is 2. The van der Waals surface area contributed by atoms with Gasteiger partial charge in [0, 0.05) is 17.3 Å². The summed E-state index contributed by atoms with van der Waals surface area (Å²) in [6, 6.07) is 11.3. The Balaban J connectivity index is 2.05. The third-order valence-electron chi connectivity index (χ3n) is 2.83. The summed E-state index contributed by atoms with van der Waals surface area (Å²) in [5.41, 5.74) is 2.40. The quantitative estimate of drug-likeness (QED) is 0.712. The Morgan fingerprint density at radius 2 is 1.75 bits per heavy atom. The number of rotatable bonds is 2. The smallest absolute Gasteiger partial charge is 0.182 e. The van der Waals surface area contributed by atoms with Crippen molar-refractivity contribution >= 4 is 0 Å². The molecule has 0 aliphatic heterocycles. The van der Waals surface area contributed by atoms with Gasteiger partial charge in [-0.2, -0.15) is 5.26 Å². The summed E-state index contributed by atoms with van der Waals surface area (Å²) in [7, 11) is 0. The van der Waals surface area contributed by atoms with E-state index in [1.54, 1.807) is 30.5 Å². The Bertz CT molecular complexity index is 770.